The van der Waals surface area contributed by atoms with Gasteiger partial charge in [-0.15, -0.1) is 0 Å². The molecule has 1 heterocycles. The van der Waals surface area contributed by atoms with E-state index in [1.54, 1.807) is 16.7 Å². The summed E-state index contributed by atoms with van der Waals surface area (Å²) < 4.78 is 8.86. The highest BCUT2D eigenvalue weighted by atomic mass is 16.5. The van der Waals surface area contributed by atoms with Crippen molar-refractivity contribution in [2.75, 3.05) is 18.5 Å². The zero-order valence-corrected chi connectivity index (χ0v) is 19.9. The van der Waals surface area contributed by atoms with Crippen molar-refractivity contribution < 1.29 is 14.6 Å². The Morgan fingerprint density at radius 3 is 2.47 bits per heavy atom. The Labute approximate surface area is 190 Å². The molecule has 0 fully saturated rings. The molecule has 0 radical (unpaired) electrons. The molecule has 0 aliphatic heterocycles. The molecule has 32 heavy (non-hydrogen) atoms. The average molecular weight is 445 g/mol. The van der Waals surface area contributed by atoms with Gasteiger partial charge in [0.15, 0.2) is 5.60 Å². The molecular weight excluding hydrogens is 408 g/mol. The van der Waals surface area contributed by atoms with Gasteiger partial charge in [0.05, 0.1) is 6.54 Å². The number of ether oxygens (including phenoxy) is 1. The number of carboxylic acids is 1. The number of benzene rings is 1. The number of aromatic nitrogens is 3. The van der Waals surface area contributed by atoms with Crippen LogP contribution in [0.1, 0.15) is 52.8 Å². The Hall–Kier alpha value is -3.03. The summed E-state index contributed by atoms with van der Waals surface area (Å²) in [6.45, 7) is 13.0. The van der Waals surface area contributed by atoms with Crippen LogP contribution in [0.15, 0.2) is 41.2 Å². The minimum absolute atomic E-state index is 0.0651. The Balaban J connectivity index is 1.99. The quantitative estimate of drug-likeness (QED) is 0.474. The molecule has 1 N–H and O–H groups in total. The monoisotopic (exact) mass is 444 g/mol. The molecule has 0 spiro atoms. The fraction of sp³-hybridized carbons (Fsp3) is 0.542. The van der Waals surface area contributed by atoms with E-state index >= 15 is 0 Å². The third kappa shape index (κ3) is 6.48. The minimum atomic E-state index is -1.28. The van der Waals surface area contributed by atoms with E-state index in [1.807, 2.05) is 26.1 Å². The molecule has 0 amide bonds. The molecule has 0 aliphatic rings. The minimum Gasteiger partial charge on any atom is -0.478 e. The van der Waals surface area contributed by atoms with Crippen LogP contribution in [0.2, 0.25) is 0 Å². The third-order valence-corrected chi connectivity index (χ3v) is 5.38. The number of aliphatic carboxylic acids is 1. The van der Waals surface area contributed by atoms with Gasteiger partial charge < -0.3 is 14.7 Å². The van der Waals surface area contributed by atoms with Gasteiger partial charge in [0, 0.05) is 32.2 Å². The van der Waals surface area contributed by atoms with E-state index in [0.29, 0.717) is 25.3 Å². The van der Waals surface area contributed by atoms with Crippen LogP contribution in [0.3, 0.4) is 0 Å². The van der Waals surface area contributed by atoms with Crippen molar-refractivity contribution in [2.24, 2.45) is 0 Å². The Bertz CT molecular complexity index is 973. The summed E-state index contributed by atoms with van der Waals surface area (Å²) >= 11 is 0. The SMILES string of the molecule is C=C(CC)Cn1nc(CCCN(C)c2ccc(OC(C)(C)C(=O)O)cc2)n(CCC)c1=O. The number of allylic oxidation sites excluding steroid dienone is 1. The summed E-state index contributed by atoms with van der Waals surface area (Å²) in [7, 11) is 2.00. The number of hydrogen-bond acceptors (Lipinski definition) is 5. The zero-order chi connectivity index (χ0) is 23.9. The van der Waals surface area contributed by atoms with Crippen LogP contribution < -0.4 is 15.3 Å². The van der Waals surface area contributed by atoms with Crippen molar-refractivity contribution in [1.29, 1.82) is 0 Å². The van der Waals surface area contributed by atoms with Gasteiger partial charge in [0.1, 0.15) is 11.6 Å². The molecule has 1 aromatic carbocycles. The van der Waals surface area contributed by atoms with Crippen molar-refractivity contribution in [3.05, 3.63) is 52.7 Å². The summed E-state index contributed by atoms with van der Waals surface area (Å²) in [6, 6.07) is 7.37. The van der Waals surface area contributed by atoms with Gasteiger partial charge in [0.2, 0.25) is 0 Å². The predicted octanol–water partition coefficient (Wildman–Crippen LogP) is 3.73. The van der Waals surface area contributed by atoms with E-state index in [1.165, 1.54) is 18.5 Å². The second kappa shape index (κ2) is 11.0. The number of aryl methyl sites for hydroxylation is 1. The standard InChI is InChI=1S/C24H36N4O4/c1-7-15-27-21(25-28(23(27)31)17-18(3)8-2)10-9-16-26(6)19-11-13-20(14-12-19)32-24(4,5)22(29)30/h11-14H,3,7-10,15-17H2,1-2,4-6H3,(H,29,30). The molecule has 0 atom stereocenters. The number of carbonyl (C=O) groups is 1. The summed E-state index contributed by atoms with van der Waals surface area (Å²) in [5, 5.41) is 13.8. The molecule has 0 aliphatic carbocycles. The third-order valence-electron chi connectivity index (χ3n) is 5.38. The fourth-order valence-electron chi connectivity index (χ4n) is 3.26. The fourth-order valence-corrected chi connectivity index (χ4v) is 3.26. The Morgan fingerprint density at radius 1 is 1.25 bits per heavy atom. The van der Waals surface area contributed by atoms with Gasteiger partial charge >= 0.3 is 11.7 Å². The van der Waals surface area contributed by atoms with Crippen molar-refractivity contribution >= 4 is 11.7 Å². The van der Waals surface area contributed by atoms with Gasteiger partial charge in [-0.3, -0.25) is 4.57 Å². The highest BCUT2D eigenvalue weighted by Crippen LogP contribution is 2.23. The van der Waals surface area contributed by atoms with Crippen LogP contribution in [-0.2, 0) is 24.3 Å². The van der Waals surface area contributed by atoms with Gasteiger partial charge in [-0.25, -0.2) is 14.3 Å². The van der Waals surface area contributed by atoms with E-state index in [2.05, 4.69) is 23.5 Å². The summed E-state index contributed by atoms with van der Waals surface area (Å²) in [6.07, 6.45) is 3.25. The lowest BCUT2D eigenvalue weighted by Crippen LogP contribution is -2.37. The van der Waals surface area contributed by atoms with E-state index in [-0.39, 0.29) is 5.69 Å². The van der Waals surface area contributed by atoms with E-state index in [0.717, 1.165) is 42.9 Å². The average Bonchev–Trinajstić information content (AvgIpc) is 3.03. The molecule has 0 saturated heterocycles. The molecule has 0 unspecified atom stereocenters. The van der Waals surface area contributed by atoms with Crippen LogP contribution in [0.5, 0.6) is 5.75 Å². The summed E-state index contributed by atoms with van der Waals surface area (Å²) in [4.78, 5) is 26.0. The predicted molar refractivity (Wildman–Crippen MR) is 127 cm³/mol. The maximum absolute atomic E-state index is 12.7. The van der Waals surface area contributed by atoms with Crippen molar-refractivity contribution in [2.45, 2.75) is 72.1 Å². The molecule has 8 nitrogen and oxygen atoms in total. The number of nitrogens with zero attached hydrogens (tertiary/aromatic N) is 4. The second-order valence-corrected chi connectivity index (χ2v) is 8.55. The first kappa shape index (κ1) is 25.2. The van der Waals surface area contributed by atoms with E-state index in [4.69, 9.17) is 4.74 Å². The molecule has 176 valence electrons. The molecule has 8 heteroatoms. The van der Waals surface area contributed by atoms with Crippen LogP contribution in [-0.4, -0.2) is 44.6 Å². The van der Waals surface area contributed by atoms with Crippen molar-refractivity contribution in [1.82, 2.24) is 14.3 Å². The maximum atomic E-state index is 12.7. The topological polar surface area (TPSA) is 89.6 Å². The van der Waals surface area contributed by atoms with Gasteiger partial charge in [0.25, 0.3) is 0 Å². The molecule has 2 aromatic rings. The van der Waals surface area contributed by atoms with Crippen molar-refractivity contribution in [3.63, 3.8) is 0 Å². The molecular formula is C24H36N4O4. The van der Waals surface area contributed by atoms with Gasteiger partial charge in [-0.2, -0.15) is 5.10 Å². The summed E-state index contributed by atoms with van der Waals surface area (Å²) in [5.74, 6) is 0.313. The Morgan fingerprint density at radius 2 is 1.91 bits per heavy atom. The lowest BCUT2D eigenvalue weighted by atomic mass is 10.1. The van der Waals surface area contributed by atoms with Crippen molar-refractivity contribution in [3.8, 4) is 5.75 Å². The second-order valence-electron chi connectivity index (χ2n) is 8.55. The number of rotatable bonds is 13. The van der Waals surface area contributed by atoms with Crippen LogP contribution >= 0.6 is 0 Å². The first-order valence-electron chi connectivity index (χ1n) is 11.2. The Kier molecular flexibility index (Phi) is 8.69. The highest BCUT2D eigenvalue weighted by molar-refractivity contribution is 5.76. The van der Waals surface area contributed by atoms with Crippen LogP contribution in [0.4, 0.5) is 5.69 Å². The van der Waals surface area contributed by atoms with Crippen LogP contribution in [0, 0.1) is 0 Å². The largest absolute Gasteiger partial charge is 0.478 e. The lowest BCUT2D eigenvalue weighted by Gasteiger charge is -2.23. The molecule has 2 rings (SSSR count). The molecule has 1 aromatic heterocycles. The zero-order valence-electron chi connectivity index (χ0n) is 19.9. The smallest absolute Gasteiger partial charge is 0.347 e. The highest BCUT2D eigenvalue weighted by Gasteiger charge is 2.29. The summed E-state index contributed by atoms with van der Waals surface area (Å²) in [5.41, 5.74) is 0.638. The number of carboxylic acid groups (broad SMARTS) is 1. The van der Waals surface area contributed by atoms with E-state index < -0.39 is 11.6 Å². The number of anilines is 1. The van der Waals surface area contributed by atoms with Gasteiger partial charge in [-0.05, 0) is 57.4 Å². The van der Waals surface area contributed by atoms with Crippen LogP contribution in [0.25, 0.3) is 0 Å². The molecule has 0 saturated carbocycles. The lowest BCUT2D eigenvalue weighted by molar-refractivity contribution is -0.152. The van der Waals surface area contributed by atoms with E-state index in [9.17, 15) is 14.7 Å². The first-order valence-corrected chi connectivity index (χ1v) is 11.2. The number of hydrogen-bond donors (Lipinski definition) is 1. The maximum Gasteiger partial charge on any atom is 0.347 e. The molecule has 0 bridgehead atoms. The normalized spacial score (nSPS) is 11.4. The first-order chi connectivity index (χ1) is 15.1. The van der Waals surface area contributed by atoms with Gasteiger partial charge in [-0.1, -0.05) is 26.0 Å².